The SMILES string of the molecule is C=CCNCCc1c(C)[nH]c2cccc(O)c12. The van der Waals surface area contributed by atoms with E-state index < -0.39 is 0 Å². The second kappa shape index (κ2) is 5.06. The van der Waals surface area contributed by atoms with Crippen LogP contribution in [0.25, 0.3) is 10.9 Å². The first-order chi connectivity index (χ1) is 8.24. The van der Waals surface area contributed by atoms with Gasteiger partial charge in [0.25, 0.3) is 0 Å². The van der Waals surface area contributed by atoms with E-state index in [9.17, 15) is 5.11 Å². The molecule has 0 bridgehead atoms. The number of aromatic amines is 1. The molecule has 0 unspecified atom stereocenters. The lowest BCUT2D eigenvalue weighted by Gasteiger charge is -2.03. The van der Waals surface area contributed by atoms with Crippen LogP contribution < -0.4 is 5.32 Å². The van der Waals surface area contributed by atoms with E-state index in [1.807, 2.05) is 25.1 Å². The second-order valence-electron chi connectivity index (χ2n) is 4.17. The summed E-state index contributed by atoms with van der Waals surface area (Å²) in [4.78, 5) is 3.30. The van der Waals surface area contributed by atoms with Gasteiger partial charge in [-0.25, -0.2) is 0 Å². The van der Waals surface area contributed by atoms with Crippen LogP contribution in [0.3, 0.4) is 0 Å². The van der Waals surface area contributed by atoms with Gasteiger partial charge in [-0.1, -0.05) is 12.1 Å². The van der Waals surface area contributed by atoms with Gasteiger partial charge in [-0.15, -0.1) is 6.58 Å². The first-order valence-corrected chi connectivity index (χ1v) is 5.84. The number of H-pyrrole nitrogens is 1. The molecule has 90 valence electrons. The van der Waals surface area contributed by atoms with Gasteiger partial charge in [0.2, 0.25) is 0 Å². The molecule has 1 aromatic heterocycles. The Morgan fingerprint density at radius 2 is 2.29 bits per heavy atom. The number of benzene rings is 1. The minimum atomic E-state index is 0.352. The summed E-state index contributed by atoms with van der Waals surface area (Å²) >= 11 is 0. The molecule has 2 rings (SSSR count). The van der Waals surface area contributed by atoms with E-state index in [-0.39, 0.29) is 0 Å². The van der Waals surface area contributed by atoms with E-state index >= 15 is 0 Å². The molecule has 3 heteroatoms. The normalized spacial score (nSPS) is 10.9. The number of aryl methyl sites for hydroxylation is 1. The Balaban J connectivity index is 2.26. The van der Waals surface area contributed by atoms with Gasteiger partial charge in [-0.3, -0.25) is 0 Å². The van der Waals surface area contributed by atoms with Crippen LogP contribution >= 0.6 is 0 Å². The van der Waals surface area contributed by atoms with Crippen LogP contribution in [0, 0.1) is 6.92 Å². The van der Waals surface area contributed by atoms with Crippen LogP contribution in [-0.4, -0.2) is 23.2 Å². The predicted octanol–water partition coefficient (Wildman–Crippen LogP) is 2.50. The third kappa shape index (κ3) is 2.34. The van der Waals surface area contributed by atoms with E-state index in [2.05, 4.69) is 16.9 Å². The number of rotatable bonds is 5. The average Bonchev–Trinajstić information content (AvgIpc) is 2.62. The number of fused-ring (bicyclic) bond motifs is 1. The molecule has 0 saturated carbocycles. The smallest absolute Gasteiger partial charge is 0.125 e. The van der Waals surface area contributed by atoms with Crippen molar-refractivity contribution in [2.45, 2.75) is 13.3 Å². The largest absolute Gasteiger partial charge is 0.507 e. The maximum absolute atomic E-state index is 9.91. The fourth-order valence-corrected chi connectivity index (χ4v) is 2.16. The molecule has 1 aromatic carbocycles. The molecule has 0 saturated heterocycles. The minimum absolute atomic E-state index is 0.352. The van der Waals surface area contributed by atoms with Gasteiger partial charge in [-0.2, -0.15) is 0 Å². The van der Waals surface area contributed by atoms with Crippen molar-refractivity contribution in [1.29, 1.82) is 0 Å². The first kappa shape index (κ1) is 11.7. The van der Waals surface area contributed by atoms with Gasteiger partial charge in [0.1, 0.15) is 5.75 Å². The average molecular weight is 230 g/mol. The van der Waals surface area contributed by atoms with E-state index in [4.69, 9.17) is 0 Å². The summed E-state index contributed by atoms with van der Waals surface area (Å²) in [6.07, 6.45) is 2.75. The first-order valence-electron chi connectivity index (χ1n) is 5.84. The van der Waals surface area contributed by atoms with E-state index in [0.29, 0.717) is 5.75 Å². The number of hydrogen-bond donors (Lipinski definition) is 3. The lowest BCUT2D eigenvalue weighted by atomic mass is 10.1. The zero-order valence-electron chi connectivity index (χ0n) is 10.1. The Hall–Kier alpha value is -1.74. The summed E-state index contributed by atoms with van der Waals surface area (Å²) in [6.45, 7) is 7.41. The molecule has 0 atom stereocenters. The highest BCUT2D eigenvalue weighted by Crippen LogP contribution is 2.30. The third-order valence-corrected chi connectivity index (χ3v) is 2.96. The molecule has 0 aliphatic rings. The summed E-state index contributed by atoms with van der Waals surface area (Å²) in [7, 11) is 0. The molecule has 0 amide bonds. The van der Waals surface area contributed by atoms with Gasteiger partial charge in [0, 0.05) is 23.1 Å². The molecular weight excluding hydrogens is 212 g/mol. The third-order valence-electron chi connectivity index (χ3n) is 2.96. The van der Waals surface area contributed by atoms with Crippen molar-refractivity contribution in [1.82, 2.24) is 10.3 Å². The summed E-state index contributed by atoms with van der Waals surface area (Å²) in [5, 5.41) is 14.1. The van der Waals surface area contributed by atoms with Crippen molar-refractivity contribution in [2.24, 2.45) is 0 Å². The van der Waals surface area contributed by atoms with Crippen molar-refractivity contribution in [3.05, 3.63) is 42.1 Å². The summed E-state index contributed by atoms with van der Waals surface area (Å²) < 4.78 is 0. The maximum Gasteiger partial charge on any atom is 0.125 e. The predicted molar refractivity (Wildman–Crippen MR) is 71.5 cm³/mol. The van der Waals surface area contributed by atoms with Gasteiger partial charge in [0.05, 0.1) is 0 Å². The van der Waals surface area contributed by atoms with Crippen molar-refractivity contribution >= 4 is 10.9 Å². The minimum Gasteiger partial charge on any atom is -0.507 e. The Labute approximate surface area is 101 Å². The molecule has 1 heterocycles. The fourth-order valence-electron chi connectivity index (χ4n) is 2.16. The van der Waals surface area contributed by atoms with Crippen LogP contribution in [0.2, 0.25) is 0 Å². The van der Waals surface area contributed by atoms with Gasteiger partial charge < -0.3 is 15.4 Å². The van der Waals surface area contributed by atoms with Gasteiger partial charge in [-0.05, 0) is 37.6 Å². The highest BCUT2D eigenvalue weighted by molar-refractivity contribution is 5.90. The maximum atomic E-state index is 9.91. The van der Waals surface area contributed by atoms with Crippen LogP contribution in [0.1, 0.15) is 11.3 Å². The molecule has 3 N–H and O–H groups in total. The zero-order chi connectivity index (χ0) is 12.3. The Bertz CT molecular complexity index is 528. The van der Waals surface area contributed by atoms with Crippen molar-refractivity contribution in [3.8, 4) is 5.75 Å². The lowest BCUT2D eigenvalue weighted by Crippen LogP contribution is -2.16. The number of aromatic hydroxyl groups is 1. The molecule has 0 spiro atoms. The Kier molecular flexibility index (Phi) is 3.49. The number of phenols is 1. The Morgan fingerprint density at radius 1 is 1.47 bits per heavy atom. The zero-order valence-corrected chi connectivity index (χ0v) is 10.1. The van der Waals surface area contributed by atoms with Crippen LogP contribution in [-0.2, 0) is 6.42 Å². The monoisotopic (exact) mass is 230 g/mol. The van der Waals surface area contributed by atoms with Crippen molar-refractivity contribution < 1.29 is 5.11 Å². The topological polar surface area (TPSA) is 48.0 Å². The molecule has 0 fully saturated rings. The molecular formula is C14H18N2O. The molecule has 0 aliphatic heterocycles. The van der Waals surface area contributed by atoms with E-state index in [1.165, 1.54) is 5.56 Å². The van der Waals surface area contributed by atoms with Crippen molar-refractivity contribution in [2.75, 3.05) is 13.1 Å². The summed E-state index contributed by atoms with van der Waals surface area (Å²) in [5.74, 6) is 0.352. The van der Waals surface area contributed by atoms with Crippen LogP contribution in [0.5, 0.6) is 5.75 Å². The van der Waals surface area contributed by atoms with Gasteiger partial charge in [0.15, 0.2) is 0 Å². The van der Waals surface area contributed by atoms with E-state index in [1.54, 1.807) is 6.07 Å². The standard InChI is InChI=1S/C14H18N2O/c1-3-8-15-9-7-11-10(2)16-12-5-4-6-13(17)14(11)12/h3-6,15-17H,1,7-9H2,2H3. The molecule has 17 heavy (non-hydrogen) atoms. The van der Waals surface area contributed by atoms with Crippen molar-refractivity contribution in [3.63, 3.8) is 0 Å². The molecule has 0 aliphatic carbocycles. The summed E-state index contributed by atoms with van der Waals surface area (Å²) in [6, 6.07) is 5.58. The molecule has 0 radical (unpaired) electrons. The fraction of sp³-hybridized carbons (Fsp3) is 0.286. The molecule has 2 aromatic rings. The van der Waals surface area contributed by atoms with Gasteiger partial charge >= 0.3 is 0 Å². The lowest BCUT2D eigenvalue weighted by molar-refractivity contribution is 0.481. The number of hydrogen-bond acceptors (Lipinski definition) is 2. The molecule has 3 nitrogen and oxygen atoms in total. The highest BCUT2D eigenvalue weighted by atomic mass is 16.3. The van der Waals surface area contributed by atoms with Crippen LogP contribution in [0.15, 0.2) is 30.9 Å². The second-order valence-corrected chi connectivity index (χ2v) is 4.17. The summed E-state index contributed by atoms with van der Waals surface area (Å²) in [5.41, 5.74) is 3.32. The Morgan fingerprint density at radius 3 is 3.06 bits per heavy atom. The highest BCUT2D eigenvalue weighted by Gasteiger charge is 2.10. The number of nitrogens with one attached hydrogen (secondary N) is 2. The van der Waals surface area contributed by atoms with E-state index in [0.717, 1.165) is 36.1 Å². The van der Waals surface area contributed by atoms with Crippen LogP contribution in [0.4, 0.5) is 0 Å². The number of aromatic nitrogens is 1. The quantitative estimate of drug-likeness (QED) is 0.546. The number of phenolic OH excluding ortho intramolecular Hbond substituents is 1.